The number of hydrogen-bond donors (Lipinski definition) is 2. The van der Waals surface area contributed by atoms with Gasteiger partial charge in [0.25, 0.3) is 0 Å². The molecule has 2 nitrogen and oxygen atoms in total. The molecule has 0 unspecified atom stereocenters. The Bertz CT molecular complexity index is 90.0. The van der Waals surface area contributed by atoms with Crippen molar-refractivity contribution in [2.45, 2.75) is 24.0 Å². The monoisotopic (exact) mass is 256 g/mol. The van der Waals surface area contributed by atoms with Gasteiger partial charge in [-0.15, -0.1) is 23.2 Å². The van der Waals surface area contributed by atoms with Gasteiger partial charge in [0.15, 0.2) is 0 Å². The summed E-state index contributed by atoms with van der Waals surface area (Å²) in [6, 6.07) is 0. The maximum atomic E-state index is 8.40. The van der Waals surface area contributed by atoms with E-state index in [4.69, 9.17) is 56.6 Å². The lowest BCUT2D eigenvalue weighted by molar-refractivity contribution is 0.210. The molecule has 0 saturated carbocycles. The molecule has 0 rings (SSSR count). The first-order chi connectivity index (χ1) is 5.37. The van der Waals surface area contributed by atoms with Gasteiger partial charge in [-0.25, -0.2) is 0 Å². The topological polar surface area (TPSA) is 40.5 Å². The molecule has 0 aromatic heterocycles. The van der Waals surface area contributed by atoms with Gasteiger partial charge in [-0.2, -0.15) is 0 Å². The van der Waals surface area contributed by atoms with Gasteiger partial charge in [0.2, 0.25) is 4.52 Å². The van der Waals surface area contributed by atoms with Gasteiger partial charge in [-0.1, -0.05) is 30.1 Å². The van der Waals surface area contributed by atoms with Crippen molar-refractivity contribution < 1.29 is 10.2 Å². The Morgan fingerprint density at radius 3 is 1.50 bits per heavy atom. The Labute approximate surface area is 92.4 Å². The van der Waals surface area contributed by atoms with Crippen LogP contribution < -0.4 is 0 Å². The molecule has 0 heterocycles. The third-order valence-electron chi connectivity index (χ3n) is 0.782. The first-order valence-electron chi connectivity index (χ1n) is 3.27. The molecule has 0 aromatic carbocycles. The molecule has 0 bridgehead atoms. The molecule has 0 aromatic rings. The Balaban J connectivity index is 0. The van der Waals surface area contributed by atoms with E-state index in [0.29, 0.717) is 6.42 Å². The minimum Gasteiger partial charge on any atom is -0.391 e. The molecule has 0 fully saturated rings. The van der Waals surface area contributed by atoms with Gasteiger partial charge < -0.3 is 10.2 Å². The Kier molecular flexibility index (Phi) is 11.2. The first-order valence-corrected chi connectivity index (χ1v) is 5.10. The summed E-state index contributed by atoms with van der Waals surface area (Å²) in [6.07, 6.45) is -0.177. The Hall–Kier alpha value is 1.08. The molecule has 76 valence electrons. The lowest BCUT2D eigenvalue weighted by Crippen LogP contribution is -2.08. The third-order valence-corrected chi connectivity index (χ3v) is 2.03. The Morgan fingerprint density at radius 1 is 1.25 bits per heavy atom. The molecule has 0 atom stereocenters. The molecule has 0 radical (unpaired) electrons. The van der Waals surface area contributed by atoms with Crippen molar-refractivity contribution in [3.63, 3.8) is 0 Å². The van der Waals surface area contributed by atoms with Crippen molar-refractivity contribution in [1.29, 1.82) is 0 Å². The van der Waals surface area contributed by atoms with Crippen LogP contribution in [0.4, 0.5) is 0 Å². The highest BCUT2D eigenvalue weighted by atomic mass is 35.5. The summed E-state index contributed by atoms with van der Waals surface area (Å²) in [7, 11) is 0. The zero-order valence-electron chi connectivity index (χ0n) is 6.60. The molecule has 0 aliphatic carbocycles. The number of aliphatic hydroxyl groups excluding tert-OH is 1. The van der Waals surface area contributed by atoms with Crippen LogP contribution in [0, 0.1) is 0 Å². The maximum absolute atomic E-state index is 8.40. The number of rotatable bonds is 3. The van der Waals surface area contributed by atoms with Crippen LogP contribution in [0.5, 0.6) is 0 Å². The zero-order valence-corrected chi connectivity index (χ0v) is 9.63. The average molecular weight is 258 g/mol. The number of halogens is 4. The second kappa shape index (κ2) is 8.67. The third kappa shape index (κ3) is 17.2. The number of alkyl halides is 4. The smallest absolute Gasteiger partial charge is 0.214 e. The van der Waals surface area contributed by atoms with Crippen LogP contribution in [-0.2, 0) is 0 Å². The van der Waals surface area contributed by atoms with Gasteiger partial charge in [-0.3, -0.25) is 0 Å². The van der Waals surface area contributed by atoms with Crippen LogP contribution in [0.25, 0.3) is 0 Å². The predicted octanol–water partition coefficient (Wildman–Crippen LogP) is 2.35. The van der Waals surface area contributed by atoms with Crippen molar-refractivity contribution in [2.75, 3.05) is 11.8 Å². The minimum absolute atomic E-state index is 0.226. The van der Waals surface area contributed by atoms with Gasteiger partial charge in [-0.05, 0) is 0 Å². The number of hydrogen-bond acceptors (Lipinski definition) is 2. The summed E-state index contributed by atoms with van der Waals surface area (Å²) < 4.78 is -1.51. The van der Waals surface area contributed by atoms with Gasteiger partial charge in [0, 0.05) is 18.2 Å². The zero-order chi connectivity index (χ0) is 10.2. The largest absolute Gasteiger partial charge is 0.391 e. The van der Waals surface area contributed by atoms with E-state index >= 15 is 0 Å². The summed E-state index contributed by atoms with van der Waals surface area (Å²) in [5.41, 5.74) is 0. The second-order valence-corrected chi connectivity index (χ2v) is 4.04. The minimum atomic E-state index is -1.51. The normalized spacial score (nSPS) is 11.0. The van der Waals surface area contributed by atoms with E-state index < -0.39 is 10.6 Å². The van der Waals surface area contributed by atoms with Gasteiger partial charge in [0.1, 0.15) is 0 Å². The summed E-state index contributed by atoms with van der Waals surface area (Å²) >= 11 is 20.3. The van der Waals surface area contributed by atoms with Crippen LogP contribution in [0.1, 0.15) is 13.3 Å². The second-order valence-electron chi connectivity index (χ2n) is 1.98. The SMILES string of the molecule is CCC(O)(Cl)Cl.OC(CCl)CCl. The molecule has 6 heteroatoms. The lowest BCUT2D eigenvalue weighted by Gasteiger charge is -2.04. The molecule has 0 amide bonds. The fourth-order valence-electron chi connectivity index (χ4n) is 0.0412. The van der Waals surface area contributed by atoms with Crippen LogP contribution in [-0.4, -0.2) is 32.6 Å². The highest BCUT2D eigenvalue weighted by Crippen LogP contribution is 2.19. The van der Waals surface area contributed by atoms with Crippen molar-refractivity contribution in [1.82, 2.24) is 0 Å². The van der Waals surface area contributed by atoms with Crippen molar-refractivity contribution in [2.24, 2.45) is 0 Å². The van der Waals surface area contributed by atoms with Crippen LogP contribution in [0.15, 0.2) is 0 Å². The van der Waals surface area contributed by atoms with Crippen molar-refractivity contribution in [3.8, 4) is 0 Å². The summed E-state index contributed by atoms with van der Waals surface area (Å²) in [5.74, 6) is 0.451. The van der Waals surface area contributed by atoms with Crippen molar-refractivity contribution in [3.05, 3.63) is 0 Å². The number of aliphatic hydroxyl groups is 2. The fourth-order valence-corrected chi connectivity index (χ4v) is 0.371. The van der Waals surface area contributed by atoms with Crippen molar-refractivity contribution >= 4 is 46.4 Å². The molecule has 12 heavy (non-hydrogen) atoms. The van der Waals surface area contributed by atoms with E-state index in [1.165, 1.54) is 0 Å². The Morgan fingerprint density at radius 2 is 1.50 bits per heavy atom. The quantitative estimate of drug-likeness (QED) is 0.763. The molecular weight excluding hydrogens is 246 g/mol. The van der Waals surface area contributed by atoms with E-state index in [1.807, 2.05) is 0 Å². The fraction of sp³-hybridized carbons (Fsp3) is 1.00. The molecular formula is C6H12Cl4O2. The van der Waals surface area contributed by atoms with Gasteiger partial charge in [0.05, 0.1) is 6.10 Å². The summed E-state index contributed by atoms with van der Waals surface area (Å²) in [5, 5.41) is 16.8. The van der Waals surface area contributed by atoms with Crippen LogP contribution in [0.2, 0.25) is 0 Å². The highest BCUT2D eigenvalue weighted by molar-refractivity contribution is 6.46. The molecule has 0 spiro atoms. The first kappa shape index (κ1) is 15.5. The predicted molar refractivity (Wildman–Crippen MR) is 54.4 cm³/mol. The molecule has 0 aliphatic rings. The molecule has 0 saturated heterocycles. The van der Waals surface area contributed by atoms with Crippen LogP contribution in [0.3, 0.4) is 0 Å². The van der Waals surface area contributed by atoms with Crippen LogP contribution >= 0.6 is 46.4 Å². The average Bonchev–Trinajstić information content (AvgIpc) is 2.03. The lowest BCUT2D eigenvalue weighted by atomic mass is 10.5. The van der Waals surface area contributed by atoms with E-state index in [9.17, 15) is 0 Å². The highest BCUT2D eigenvalue weighted by Gasteiger charge is 2.13. The maximum Gasteiger partial charge on any atom is 0.214 e. The molecule has 0 aliphatic heterocycles. The van der Waals surface area contributed by atoms with E-state index in [-0.39, 0.29) is 11.8 Å². The summed E-state index contributed by atoms with van der Waals surface area (Å²) in [4.78, 5) is 0. The van der Waals surface area contributed by atoms with Gasteiger partial charge >= 0.3 is 0 Å². The molecule has 2 N–H and O–H groups in total. The van der Waals surface area contributed by atoms with E-state index in [0.717, 1.165) is 0 Å². The summed E-state index contributed by atoms with van der Waals surface area (Å²) in [6.45, 7) is 1.69. The standard InChI is InChI=1S/2C3H6Cl2O/c4-1-3(6)2-5;1-2-3(4,5)6/h3,6H,1-2H2;6H,2H2,1H3. The van der Waals surface area contributed by atoms with E-state index in [1.54, 1.807) is 6.92 Å². The van der Waals surface area contributed by atoms with E-state index in [2.05, 4.69) is 0 Å².